The summed E-state index contributed by atoms with van der Waals surface area (Å²) in [6.45, 7) is 3.27. The van der Waals surface area contributed by atoms with Gasteiger partial charge in [0.05, 0.1) is 5.56 Å². The number of amides is 2. The van der Waals surface area contributed by atoms with Crippen molar-refractivity contribution in [1.29, 1.82) is 0 Å². The molecule has 0 radical (unpaired) electrons. The summed E-state index contributed by atoms with van der Waals surface area (Å²) in [7, 11) is 0. The average Bonchev–Trinajstić information content (AvgIpc) is 2.82. The fourth-order valence-corrected chi connectivity index (χ4v) is 3.36. The first kappa shape index (κ1) is 18.1. The van der Waals surface area contributed by atoms with Gasteiger partial charge in [-0.1, -0.05) is 49.4 Å². The number of hydrogen-bond acceptors (Lipinski definition) is 2. The Hall–Kier alpha value is -2.69. The number of halogens is 1. The minimum absolute atomic E-state index is 0.0320. The van der Waals surface area contributed by atoms with Gasteiger partial charge in [0.15, 0.2) is 0 Å². The van der Waals surface area contributed by atoms with Gasteiger partial charge in [0.2, 0.25) is 5.91 Å². The Bertz CT molecular complexity index is 779. The summed E-state index contributed by atoms with van der Waals surface area (Å²) in [5.74, 6) is -0.845. The highest BCUT2D eigenvalue weighted by Gasteiger charge is 2.31. The first-order chi connectivity index (χ1) is 12.6. The van der Waals surface area contributed by atoms with Gasteiger partial charge in [-0.05, 0) is 24.1 Å². The molecule has 26 heavy (non-hydrogen) atoms. The van der Waals surface area contributed by atoms with Crippen molar-refractivity contribution in [2.24, 2.45) is 0 Å². The van der Waals surface area contributed by atoms with Gasteiger partial charge in [-0.25, -0.2) is 4.39 Å². The van der Waals surface area contributed by atoms with Crippen molar-refractivity contribution in [2.75, 3.05) is 13.1 Å². The van der Waals surface area contributed by atoms with Crippen LogP contribution in [0.1, 0.15) is 35.7 Å². The number of rotatable bonds is 4. The molecule has 3 rings (SSSR count). The molecule has 1 saturated heterocycles. The fourth-order valence-electron chi connectivity index (χ4n) is 3.36. The Morgan fingerprint density at radius 1 is 1.12 bits per heavy atom. The molecule has 0 aliphatic carbocycles. The predicted molar refractivity (Wildman–Crippen MR) is 98.0 cm³/mol. The molecule has 0 aromatic heterocycles. The lowest BCUT2D eigenvalue weighted by Gasteiger charge is -2.31. The molecule has 4 nitrogen and oxygen atoms in total. The summed E-state index contributed by atoms with van der Waals surface area (Å²) < 4.78 is 14.0. The summed E-state index contributed by atoms with van der Waals surface area (Å²) in [4.78, 5) is 28.9. The van der Waals surface area contributed by atoms with Crippen molar-refractivity contribution in [3.63, 3.8) is 0 Å². The fraction of sp³-hybridized carbons (Fsp3) is 0.333. The Morgan fingerprint density at radius 2 is 1.81 bits per heavy atom. The average molecular weight is 354 g/mol. The monoisotopic (exact) mass is 354 g/mol. The number of nitrogens with zero attached hydrogens (tertiary/aromatic N) is 2. The molecule has 1 atom stereocenters. The molecular formula is C21H23FN2O2. The number of carbonyl (C=O) groups excluding carboxylic acids is 2. The minimum atomic E-state index is -0.526. The van der Waals surface area contributed by atoms with Gasteiger partial charge >= 0.3 is 0 Å². The lowest BCUT2D eigenvalue weighted by atomic mass is 10.1. The first-order valence-electron chi connectivity index (χ1n) is 8.97. The van der Waals surface area contributed by atoms with Gasteiger partial charge in [-0.15, -0.1) is 0 Å². The number of benzene rings is 2. The van der Waals surface area contributed by atoms with E-state index in [2.05, 4.69) is 0 Å². The molecule has 5 heteroatoms. The molecule has 2 aromatic rings. The zero-order valence-electron chi connectivity index (χ0n) is 14.9. The maximum absolute atomic E-state index is 14.0. The van der Waals surface area contributed by atoms with Gasteiger partial charge in [0, 0.05) is 32.1 Å². The van der Waals surface area contributed by atoms with Crippen LogP contribution in [0.2, 0.25) is 0 Å². The second-order valence-corrected chi connectivity index (χ2v) is 6.55. The highest BCUT2D eigenvalue weighted by Crippen LogP contribution is 2.20. The van der Waals surface area contributed by atoms with Crippen LogP contribution in [0, 0.1) is 5.82 Å². The Balaban J connectivity index is 1.80. The molecule has 136 valence electrons. The second-order valence-electron chi connectivity index (χ2n) is 6.55. The van der Waals surface area contributed by atoms with E-state index in [1.54, 1.807) is 17.0 Å². The molecule has 1 aliphatic rings. The van der Waals surface area contributed by atoms with Gasteiger partial charge in [-0.3, -0.25) is 9.59 Å². The predicted octanol–water partition coefficient (Wildman–Crippen LogP) is 3.48. The lowest BCUT2D eigenvalue weighted by Crippen LogP contribution is -2.43. The summed E-state index contributed by atoms with van der Waals surface area (Å²) in [5.41, 5.74) is 1.12. The summed E-state index contributed by atoms with van der Waals surface area (Å²) >= 11 is 0. The Labute approximate surface area is 153 Å². The molecule has 0 N–H and O–H groups in total. The van der Waals surface area contributed by atoms with Crippen molar-refractivity contribution < 1.29 is 14.0 Å². The molecule has 0 bridgehead atoms. The van der Waals surface area contributed by atoms with E-state index < -0.39 is 5.82 Å². The van der Waals surface area contributed by atoms with Crippen LogP contribution in [0.25, 0.3) is 0 Å². The quantitative estimate of drug-likeness (QED) is 0.843. The van der Waals surface area contributed by atoms with Crippen LogP contribution in [0.5, 0.6) is 0 Å². The molecule has 0 saturated carbocycles. The maximum atomic E-state index is 14.0. The summed E-state index contributed by atoms with van der Waals surface area (Å²) in [5, 5.41) is 0. The van der Waals surface area contributed by atoms with Crippen molar-refractivity contribution in [1.82, 2.24) is 9.80 Å². The van der Waals surface area contributed by atoms with E-state index in [0.717, 1.165) is 12.0 Å². The van der Waals surface area contributed by atoms with E-state index >= 15 is 0 Å². The third kappa shape index (κ3) is 3.93. The topological polar surface area (TPSA) is 40.6 Å². The normalized spacial score (nSPS) is 17.9. The van der Waals surface area contributed by atoms with Crippen molar-refractivity contribution in [3.05, 3.63) is 71.5 Å². The number of hydrogen-bond donors (Lipinski definition) is 0. The van der Waals surface area contributed by atoms with E-state index in [-0.39, 0.29) is 29.8 Å². The van der Waals surface area contributed by atoms with Crippen LogP contribution < -0.4 is 0 Å². The molecule has 1 aliphatic heterocycles. The van der Waals surface area contributed by atoms with Crippen LogP contribution in [0.4, 0.5) is 4.39 Å². The summed E-state index contributed by atoms with van der Waals surface area (Å²) in [6.07, 6.45) is 0.989. The Morgan fingerprint density at radius 3 is 2.50 bits per heavy atom. The molecular weight excluding hydrogens is 331 g/mol. The first-order valence-corrected chi connectivity index (χ1v) is 8.97. The third-order valence-electron chi connectivity index (χ3n) is 4.85. The standard InChI is InChI=1S/C21H23FN2O2/c1-2-17-15-23(21(26)18-10-6-7-11-19(18)22)13-12-20(25)24(17)14-16-8-4-3-5-9-16/h3-11,17H,2,12-15H2,1H3/t17-/m0/s1. The van der Waals surface area contributed by atoms with Crippen LogP contribution in [0.15, 0.2) is 54.6 Å². The van der Waals surface area contributed by atoms with Crippen molar-refractivity contribution >= 4 is 11.8 Å². The largest absolute Gasteiger partial charge is 0.336 e. The highest BCUT2D eigenvalue weighted by atomic mass is 19.1. The smallest absolute Gasteiger partial charge is 0.256 e. The van der Waals surface area contributed by atoms with Crippen LogP contribution in [0.3, 0.4) is 0 Å². The lowest BCUT2D eigenvalue weighted by molar-refractivity contribution is -0.133. The zero-order chi connectivity index (χ0) is 18.5. The molecule has 0 unspecified atom stereocenters. The SMILES string of the molecule is CC[C@H]1CN(C(=O)c2ccccc2F)CCC(=O)N1Cc1ccccc1. The molecule has 0 spiro atoms. The van der Waals surface area contributed by atoms with E-state index in [0.29, 0.717) is 19.6 Å². The third-order valence-corrected chi connectivity index (χ3v) is 4.85. The van der Waals surface area contributed by atoms with E-state index in [9.17, 15) is 14.0 Å². The van der Waals surface area contributed by atoms with Crippen molar-refractivity contribution in [2.45, 2.75) is 32.4 Å². The van der Waals surface area contributed by atoms with Crippen LogP contribution in [-0.4, -0.2) is 40.7 Å². The van der Waals surface area contributed by atoms with Gasteiger partial charge in [0.25, 0.3) is 5.91 Å². The van der Waals surface area contributed by atoms with Gasteiger partial charge in [0.1, 0.15) is 5.82 Å². The van der Waals surface area contributed by atoms with Gasteiger partial charge in [-0.2, -0.15) is 0 Å². The van der Waals surface area contributed by atoms with Gasteiger partial charge < -0.3 is 9.80 Å². The molecule has 2 aromatic carbocycles. The molecule has 1 heterocycles. The highest BCUT2D eigenvalue weighted by molar-refractivity contribution is 5.95. The summed E-state index contributed by atoms with van der Waals surface area (Å²) in [6, 6.07) is 15.7. The molecule has 2 amide bonds. The van der Waals surface area contributed by atoms with E-state index in [4.69, 9.17) is 0 Å². The van der Waals surface area contributed by atoms with Crippen LogP contribution >= 0.6 is 0 Å². The second kappa shape index (κ2) is 8.13. The number of carbonyl (C=O) groups is 2. The molecule has 1 fully saturated rings. The maximum Gasteiger partial charge on any atom is 0.256 e. The Kier molecular flexibility index (Phi) is 5.66. The van der Waals surface area contributed by atoms with Crippen LogP contribution in [-0.2, 0) is 11.3 Å². The van der Waals surface area contributed by atoms with Crippen molar-refractivity contribution in [3.8, 4) is 0 Å². The van der Waals surface area contributed by atoms with E-state index in [1.807, 2.05) is 42.2 Å². The zero-order valence-corrected chi connectivity index (χ0v) is 14.9. The minimum Gasteiger partial charge on any atom is -0.336 e. The van der Waals surface area contributed by atoms with E-state index in [1.165, 1.54) is 12.1 Å².